The first-order valence-corrected chi connectivity index (χ1v) is 8.94. The van der Waals surface area contributed by atoms with E-state index in [0.717, 1.165) is 16.7 Å². The van der Waals surface area contributed by atoms with E-state index in [4.69, 9.17) is 33.7 Å². The highest BCUT2D eigenvalue weighted by Crippen LogP contribution is 2.28. The summed E-state index contributed by atoms with van der Waals surface area (Å²) in [6, 6.07) is 13.4. The Morgan fingerprint density at radius 3 is 2.31 bits per heavy atom. The van der Waals surface area contributed by atoms with Gasteiger partial charge in [0.15, 0.2) is 6.10 Å². The minimum absolute atomic E-state index is 0.348. The molecule has 0 fully saturated rings. The average molecular weight is 395 g/mol. The van der Waals surface area contributed by atoms with Crippen LogP contribution in [0.4, 0.5) is 4.79 Å². The highest BCUT2D eigenvalue weighted by atomic mass is 35.5. The first-order chi connectivity index (χ1) is 12.4. The number of rotatable bonds is 7. The van der Waals surface area contributed by atoms with Gasteiger partial charge < -0.3 is 15.8 Å². The minimum Gasteiger partial charge on any atom is -0.436 e. The second-order valence-electron chi connectivity index (χ2n) is 5.70. The van der Waals surface area contributed by atoms with Crippen molar-refractivity contribution in [3.63, 3.8) is 0 Å². The molecule has 0 saturated carbocycles. The summed E-state index contributed by atoms with van der Waals surface area (Å²) in [7, 11) is 0. The Kier molecular flexibility index (Phi) is 7.30. The predicted molar refractivity (Wildman–Crippen MR) is 103 cm³/mol. The van der Waals surface area contributed by atoms with E-state index in [9.17, 15) is 9.59 Å². The molecule has 0 aliphatic rings. The van der Waals surface area contributed by atoms with Gasteiger partial charge in [-0.3, -0.25) is 4.79 Å². The zero-order valence-electron chi connectivity index (χ0n) is 14.3. The lowest BCUT2D eigenvalue weighted by molar-refractivity contribution is -0.129. The molecule has 0 saturated heterocycles. The molecule has 2 rings (SSSR count). The van der Waals surface area contributed by atoms with Gasteiger partial charge in [-0.25, -0.2) is 4.79 Å². The van der Waals surface area contributed by atoms with Gasteiger partial charge in [0.1, 0.15) is 0 Å². The van der Waals surface area contributed by atoms with Crippen LogP contribution in [0.25, 0.3) is 11.1 Å². The number of nitrogens with two attached hydrogens (primary N) is 1. The molecule has 26 heavy (non-hydrogen) atoms. The standard InChI is InChI=1S/C19H20Cl2N2O3/c1-2-17(26-19(22)25)18(24)23-10-9-12-3-5-13(6-4-12)14-7-8-15(20)16(21)11-14/h3-8,11,17H,2,9-10H2,1H3,(H2,22,25)(H,23,24)/t17-/m0/s1. The minimum atomic E-state index is -0.954. The van der Waals surface area contributed by atoms with Crippen LogP contribution in [0.5, 0.6) is 0 Å². The fourth-order valence-electron chi connectivity index (χ4n) is 2.45. The van der Waals surface area contributed by atoms with Gasteiger partial charge in [-0.05, 0) is 41.7 Å². The van der Waals surface area contributed by atoms with Gasteiger partial charge in [0.2, 0.25) is 0 Å². The van der Waals surface area contributed by atoms with Crippen molar-refractivity contribution in [2.75, 3.05) is 6.54 Å². The third kappa shape index (κ3) is 5.64. The van der Waals surface area contributed by atoms with E-state index in [-0.39, 0.29) is 5.91 Å². The van der Waals surface area contributed by atoms with Crippen LogP contribution >= 0.6 is 23.2 Å². The number of primary amides is 1. The Labute approximate surface area is 162 Å². The number of ether oxygens (including phenoxy) is 1. The largest absolute Gasteiger partial charge is 0.436 e. The molecular formula is C19H20Cl2N2O3. The van der Waals surface area contributed by atoms with E-state index in [1.54, 1.807) is 13.0 Å². The number of carbonyl (C=O) groups excluding carboxylic acids is 2. The molecule has 7 heteroatoms. The summed E-state index contributed by atoms with van der Waals surface area (Å²) in [6.07, 6.45) is -0.789. The summed E-state index contributed by atoms with van der Waals surface area (Å²) in [4.78, 5) is 22.7. The summed E-state index contributed by atoms with van der Waals surface area (Å²) in [5.41, 5.74) is 8.02. The highest BCUT2D eigenvalue weighted by Gasteiger charge is 2.19. The maximum Gasteiger partial charge on any atom is 0.405 e. The molecule has 138 valence electrons. The van der Waals surface area contributed by atoms with Crippen molar-refractivity contribution in [3.8, 4) is 11.1 Å². The molecular weight excluding hydrogens is 375 g/mol. The normalized spacial score (nSPS) is 11.7. The van der Waals surface area contributed by atoms with E-state index >= 15 is 0 Å². The van der Waals surface area contributed by atoms with Gasteiger partial charge in [-0.1, -0.05) is 60.5 Å². The van der Waals surface area contributed by atoms with Crippen molar-refractivity contribution < 1.29 is 14.3 Å². The van der Waals surface area contributed by atoms with Crippen molar-refractivity contribution in [1.29, 1.82) is 0 Å². The molecule has 0 aliphatic heterocycles. The fraction of sp³-hybridized carbons (Fsp3) is 0.263. The third-order valence-electron chi connectivity index (χ3n) is 3.84. The lowest BCUT2D eigenvalue weighted by Crippen LogP contribution is -2.39. The number of amides is 2. The molecule has 2 aromatic rings. The van der Waals surface area contributed by atoms with E-state index in [0.29, 0.717) is 29.4 Å². The summed E-state index contributed by atoms with van der Waals surface area (Å²) in [5.74, 6) is -0.348. The molecule has 2 amide bonds. The lowest BCUT2D eigenvalue weighted by atomic mass is 10.0. The molecule has 0 heterocycles. The van der Waals surface area contributed by atoms with E-state index in [1.165, 1.54) is 0 Å². The molecule has 2 aromatic carbocycles. The number of benzene rings is 2. The number of nitrogens with one attached hydrogen (secondary N) is 1. The summed E-state index contributed by atoms with van der Waals surface area (Å²) < 4.78 is 4.75. The van der Waals surface area contributed by atoms with Gasteiger partial charge in [-0.2, -0.15) is 0 Å². The molecule has 5 nitrogen and oxygen atoms in total. The summed E-state index contributed by atoms with van der Waals surface area (Å²) in [6.45, 7) is 2.18. The van der Waals surface area contributed by atoms with Crippen molar-refractivity contribution >= 4 is 35.2 Å². The summed E-state index contributed by atoms with van der Waals surface area (Å²) in [5, 5.41) is 3.78. The zero-order chi connectivity index (χ0) is 19.1. The Balaban J connectivity index is 1.90. The second kappa shape index (κ2) is 9.46. The van der Waals surface area contributed by atoms with Crippen LogP contribution in [0, 0.1) is 0 Å². The second-order valence-corrected chi connectivity index (χ2v) is 6.52. The first-order valence-electron chi connectivity index (χ1n) is 8.19. The lowest BCUT2D eigenvalue weighted by Gasteiger charge is -2.14. The molecule has 0 radical (unpaired) electrons. The van der Waals surface area contributed by atoms with Gasteiger partial charge in [-0.15, -0.1) is 0 Å². The van der Waals surface area contributed by atoms with E-state index in [1.807, 2.05) is 36.4 Å². The van der Waals surface area contributed by atoms with Crippen LogP contribution < -0.4 is 11.1 Å². The summed E-state index contributed by atoms with van der Waals surface area (Å²) >= 11 is 12.0. The van der Waals surface area contributed by atoms with Crippen LogP contribution in [0.3, 0.4) is 0 Å². The Bertz CT molecular complexity index is 779. The topological polar surface area (TPSA) is 81.4 Å². The predicted octanol–water partition coefficient (Wildman–Crippen LogP) is 4.19. The van der Waals surface area contributed by atoms with Crippen molar-refractivity contribution in [1.82, 2.24) is 5.32 Å². The van der Waals surface area contributed by atoms with Gasteiger partial charge >= 0.3 is 6.09 Å². The number of halogens is 2. The molecule has 0 spiro atoms. The van der Waals surface area contributed by atoms with Gasteiger partial charge in [0.25, 0.3) is 5.91 Å². The van der Waals surface area contributed by atoms with Gasteiger partial charge in [0, 0.05) is 6.54 Å². The van der Waals surface area contributed by atoms with Crippen LogP contribution in [0.1, 0.15) is 18.9 Å². The smallest absolute Gasteiger partial charge is 0.405 e. The number of hydrogen-bond donors (Lipinski definition) is 2. The van der Waals surface area contributed by atoms with Gasteiger partial charge in [0.05, 0.1) is 10.0 Å². The SMILES string of the molecule is CC[C@H](OC(N)=O)C(=O)NCCc1ccc(-c2ccc(Cl)c(Cl)c2)cc1. The van der Waals surface area contributed by atoms with Crippen LogP contribution in [-0.2, 0) is 16.0 Å². The van der Waals surface area contributed by atoms with E-state index in [2.05, 4.69) is 5.32 Å². The Hall–Kier alpha value is -2.24. The Morgan fingerprint density at radius 1 is 1.08 bits per heavy atom. The maximum atomic E-state index is 11.9. The van der Waals surface area contributed by atoms with Crippen LogP contribution in [-0.4, -0.2) is 24.6 Å². The fourth-order valence-corrected chi connectivity index (χ4v) is 2.74. The molecule has 0 bridgehead atoms. The molecule has 0 aromatic heterocycles. The molecule has 1 atom stereocenters. The van der Waals surface area contributed by atoms with E-state index < -0.39 is 12.2 Å². The highest BCUT2D eigenvalue weighted by molar-refractivity contribution is 6.42. The Morgan fingerprint density at radius 2 is 1.73 bits per heavy atom. The number of carbonyl (C=O) groups is 2. The van der Waals surface area contributed by atoms with Crippen molar-refractivity contribution in [2.45, 2.75) is 25.9 Å². The van der Waals surface area contributed by atoms with Crippen LogP contribution in [0.2, 0.25) is 10.0 Å². The maximum absolute atomic E-state index is 11.9. The first kappa shape index (κ1) is 20.1. The number of hydrogen-bond acceptors (Lipinski definition) is 3. The van der Waals surface area contributed by atoms with Crippen molar-refractivity contribution in [3.05, 3.63) is 58.1 Å². The van der Waals surface area contributed by atoms with Crippen molar-refractivity contribution in [2.24, 2.45) is 5.73 Å². The monoisotopic (exact) mass is 394 g/mol. The molecule has 0 aliphatic carbocycles. The zero-order valence-corrected chi connectivity index (χ0v) is 15.8. The van der Waals surface area contributed by atoms with Crippen LogP contribution in [0.15, 0.2) is 42.5 Å². The molecule has 3 N–H and O–H groups in total. The molecule has 0 unspecified atom stereocenters. The third-order valence-corrected chi connectivity index (χ3v) is 4.58. The average Bonchev–Trinajstić information content (AvgIpc) is 2.62. The quantitative estimate of drug-likeness (QED) is 0.738.